The number of aromatic amines is 1. The highest BCUT2D eigenvalue weighted by molar-refractivity contribution is 5.83. The summed E-state index contributed by atoms with van der Waals surface area (Å²) in [4.78, 5) is 17.8. The zero-order chi connectivity index (χ0) is 10.1. The van der Waals surface area contributed by atoms with Crippen molar-refractivity contribution in [3.05, 3.63) is 34.4 Å². The third-order valence-corrected chi connectivity index (χ3v) is 2.19. The van der Waals surface area contributed by atoms with E-state index in [1.807, 2.05) is 6.92 Å². The van der Waals surface area contributed by atoms with Gasteiger partial charge in [-0.3, -0.25) is 4.79 Å². The molecule has 0 aliphatic heterocycles. The SMILES string of the molecule is CCc1cc(O)c2nc[nH]c(=O)c2c1. The molecule has 1 heterocycles. The predicted molar refractivity (Wildman–Crippen MR) is 53.4 cm³/mol. The van der Waals surface area contributed by atoms with Gasteiger partial charge in [-0.15, -0.1) is 0 Å². The minimum Gasteiger partial charge on any atom is -0.506 e. The lowest BCUT2D eigenvalue weighted by Gasteiger charge is -2.01. The molecule has 0 spiro atoms. The smallest absolute Gasteiger partial charge is 0.258 e. The van der Waals surface area contributed by atoms with Crippen molar-refractivity contribution in [2.24, 2.45) is 0 Å². The van der Waals surface area contributed by atoms with Gasteiger partial charge in [0, 0.05) is 0 Å². The largest absolute Gasteiger partial charge is 0.506 e. The number of rotatable bonds is 1. The van der Waals surface area contributed by atoms with Gasteiger partial charge < -0.3 is 10.1 Å². The summed E-state index contributed by atoms with van der Waals surface area (Å²) in [7, 11) is 0. The van der Waals surface area contributed by atoms with Crippen molar-refractivity contribution in [3.8, 4) is 5.75 Å². The normalized spacial score (nSPS) is 10.6. The van der Waals surface area contributed by atoms with E-state index in [4.69, 9.17) is 0 Å². The molecule has 1 aromatic carbocycles. The van der Waals surface area contributed by atoms with E-state index >= 15 is 0 Å². The fourth-order valence-corrected chi connectivity index (χ4v) is 1.42. The number of aromatic nitrogens is 2. The van der Waals surface area contributed by atoms with E-state index in [1.54, 1.807) is 12.1 Å². The van der Waals surface area contributed by atoms with Crippen LogP contribution >= 0.6 is 0 Å². The average Bonchev–Trinajstić information content (AvgIpc) is 2.19. The van der Waals surface area contributed by atoms with E-state index in [0.29, 0.717) is 10.9 Å². The molecule has 0 amide bonds. The molecule has 0 aliphatic rings. The molecule has 2 rings (SSSR count). The Kier molecular flexibility index (Phi) is 1.96. The quantitative estimate of drug-likeness (QED) is 0.709. The molecule has 2 N–H and O–H groups in total. The number of nitrogens with zero attached hydrogens (tertiary/aromatic N) is 1. The van der Waals surface area contributed by atoms with E-state index in [1.165, 1.54) is 6.33 Å². The van der Waals surface area contributed by atoms with Crippen LogP contribution in [0.25, 0.3) is 10.9 Å². The molecule has 14 heavy (non-hydrogen) atoms. The van der Waals surface area contributed by atoms with Gasteiger partial charge in [0.15, 0.2) is 0 Å². The van der Waals surface area contributed by atoms with Gasteiger partial charge in [0.1, 0.15) is 11.3 Å². The first-order chi connectivity index (χ1) is 6.72. The van der Waals surface area contributed by atoms with Crippen LogP contribution < -0.4 is 5.56 Å². The van der Waals surface area contributed by atoms with E-state index in [-0.39, 0.29) is 11.3 Å². The molecule has 0 bridgehead atoms. The maximum atomic E-state index is 11.4. The number of benzene rings is 1. The standard InChI is InChI=1S/C10H10N2O2/c1-2-6-3-7-9(8(13)4-6)11-5-12-10(7)14/h3-5,13H,2H2,1H3,(H,11,12,14). The summed E-state index contributed by atoms with van der Waals surface area (Å²) in [6.07, 6.45) is 2.06. The lowest BCUT2D eigenvalue weighted by Crippen LogP contribution is -2.06. The third kappa shape index (κ3) is 1.25. The number of hydrogen-bond acceptors (Lipinski definition) is 3. The number of fused-ring (bicyclic) bond motifs is 1. The molecule has 0 unspecified atom stereocenters. The van der Waals surface area contributed by atoms with Gasteiger partial charge >= 0.3 is 0 Å². The predicted octanol–water partition coefficient (Wildman–Crippen LogP) is 1.19. The van der Waals surface area contributed by atoms with E-state index < -0.39 is 0 Å². The monoisotopic (exact) mass is 190 g/mol. The summed E-state index contributed by atoms with van der Waals surface area (Å²) >= 11 is 0. The Balaban J connectivity index is 2.91. The highest BCUT2D eigenvalue weighted by atomic mass is 16.3. The molecule has 0 saturated carbocycles. The van der Waals surface area contributed by atoms with Crippen molar-refractivity contribution in [3.63, 3.8) is 0 Å². The van der Waals surface area contributed by atoms with Crippen LogP contribution in [0.5, 0.6) is 5.75 Å². The number of H-pyrrole nitrogens is 1. The molecule has 0 radical (unpaired) electrons. The van der Waals surface area contributed by atoms with Gasteiger partial charge in [0.05, 0.1) is 11.7 Å². The lowest BCUT2D eigenvalue weighted by molar-refractivity contribution is 0.479. The van der Waals surface area contributed by atoms with Crippen LogP contribution in [-0.4, -0.2) is 15.1 Å². The molecular weight excluding hydrogens is 180 g/mol. The number of phenolic OH excluding ortho intramolecular Hbond substituents is 1. The topological polar surface area (TPSA) is 66.0 Å². The Morgan fingerprint density at radius 2 is 2.29 bits per heavy atom. The molecule has 4 heteroatoms. The molecular formula is C10H10N2O2. The summed E-state index contributed by atoms with van der Waals surface area (Å²) in [6, 6.07) is 3.38. The number of phenols is 1. The minimum atomic E-state index is -0.222. The molecule has 72 valence electrons. The zero-order valence-corrected chi connectivity index (χ0v) is 7.74. The van der Waals surface area contributed by atoms with Crippen molar-refractivity contribution >= 4 is 10.9 Å². The summed E-state index contributed by atoms with van der Waals surface area (Å²) in [5.74, 6) is 0.0606. The number of nitrogens with one attached hydrogen (secondary N) is 1. The molecule has 0 saturated heterocycles. The van der Waals surface area contributed by atoms with Crippen LogP contribution in [0.4, 0.5) is 0 Å². The Morgan fingerprint density at radius 3 is 3.00 bits per heavy atom. The van der Waals surface area contributed by atoms with Crippen LogP contribution in [0.3, 0.4) is 0 Å². The Labute approximate surface area is 80.2 Å². The molecule has 0 atom stereocenters. The lowest BCUT2D eigenvalue weighted by atomic mass is 10.1. The van der Waals surface area contributed by atoms with Crippen LogP contribution in [0, 0.1) is 0 Å². The van der Waals surface area contributed by atoms with E-state index in [9.17, 15) is 9.90 Å². The first-order valence-corrected chi connectivity index (χ1v) is 4.41. The Hall–Kier alpha value is -1.84. The maximum absolute atomic E-state index is 11.4. The molecule has 1 aromatic heterocycles. The van der Waals surface area contributed by atoms with Gasteiger partial charge in [-0.1, -0.05) is 6.92 Å². The van der Waals surface area contributed by atoms with Crippen LogP contribution in [0.15, 0.2) is 23.3 Å². The van der Waals surface area contributed by atoms with Crippen molar-refractivity contribution in [2.75, 3.05) is 0 Å². The minimum absolute atomic E-state index is 0.0606. The fourth-order valence-electron chi connectivity index (χ4n) is 1.42. The second kappa shape index (κ2) is 3.14. The molecule has 0 fully saturated rings. The van der Waals surface area contributed by atoms with Gasteiger partial charge in [0.25, 0.3) is 5.56 Å². The second-order valence-corrected chi connectivity index (χ2v) is 3.10. The summed E-state index contributed by atoms with van der Waals surface area (Å²) in [5, 5.41) is 10.0. The van der Waals surface area contributed by atoms with Crippen LogP contribution in [0.2, 0.25) is 0 Å². The van der Waals surface area contributed by atoms with Crippen molar-refractivity contribution in [1.82, 2.24) is 9.97 Å². The van der Waals surface area contributed by atoms with Crippen molar-refractivity contribution in [2.45, 2.75) is 13.3 Å². The average molecular weight is 190 g/mol. The maximum Gasteiger partial charge on any atom is 0.258 e. The van der Waals surface area contributed by atoms with E-state index in [2.05, 4.69) is 9.97 Å². The number of aryl methyl sites for hydroxylation is 1. The molecule has 4 nitrogen and oxygen atoms in total. The number of aromatic hydroxyl groups is 1. The van der Waals surface area contributed by atoms with Gasteiger partial charge in [0.2, 0.25) is 0 Å². The Bertz CT molecular complexity index is 531. The first kappa shape index (κ1) is 8.74. The Morgan fingerprint density at radius 1 is 1.50 bits per heavy atom. The highest BCUT2D eigenvalue weighted by Crippen LogP contribution is 2.21. The van der Waals surface area contributed by atoms with Crippen molar-refractivity contribution < 1.29 is 5.11 Å². The van der Waals surface area contributed by atoms with Gasteiger partial charge in [-0.05, 0) is 24.1 Å². The summed E-state index contributed by atoms with van der Waals surface area (Å²) in [6.45, 7) is 1.96. The third-order valence-electron chi connectivity index (χ3n) is 2.19. The summed E-state index contributed by atoms with van der Waals surface area (Å²) < 4.78 is 0. The highest BCUT2D eigenvalue weighted by Gasteiger charge is 2.05. The molecule has 2 aromatic rings. The van der Waals surface area contributed by atoms with E-state index in [0.717, 1.165) is 12.0 Å². The van der Waals surface area contributed by atoms with Crippen LogP contribution in [0.1, 0.15) is 12.5 Å². The first-order valence-electron chi connectivity index (χ1n) is 4.41. The van der Waals surface area contributed by atoms with Crippen molar-refractivity contribution in [1.29, 1.82) is 0 Å². The number of hydrogen-bond donors (Lipinski definition) is 2. The van der Waals surface area contributed by atoms with Gasteiger partial charge in [-0.2, -0.15) is 0 Å². The second-order valence-electron chi connectivity index (χ2n) is 3.10. The zero-order valence-electron chi connectivity index (χ0n) is 7.74. The fraction of sp³-hybridized carbons (Fsp3) is 0.200. The molecule has 0 aliphatic carbocycles. The van der Waals surface area contributed by atoms with Crippen LogP contribution in [-0.2, 0) is 6.42 Å². The summed E-state index contributed by atoms with van der Waals surface area (Å²) in [5.41, 5.74) is 1.06. The van der Waals surface area contributed by atoms with Gasteiger partial charge in [-0.25, -0.2) is 4.98 Å².